The molecule has 1 aliphatic rings. The highest BCUT2D eigenvalue weighted by atomic mass is 16.1. The van der Waals surface area contributed by atoms with E-state index in [1.54, 1.807) is 0 Å². The van der Waals surface area contributed by atoms with E-state index in [0.29, 0.717) is 6.54 Å². The molecule has 1 amide bonds. The summed E-state index contributed by atoms with van der Waals surface area (Å²) in [5, 5.41) is 3.05. The highest BCUT2D eigenvalue weighted by Gasteiger charge is 2.29. The zero-order valence-corrected chi connectivity index (χ0v) is 12.4. The second-order valence-electron chi connectivity index (χ2n) is 5.93. The van der Waals surface area contributed by atoms with Crippen LogP contribution < -0.4 is 11.1 Å². The van der Waals surface area contributed by atoms with Crippen molar-refractivity contribution < 1.29 is 4.79 Å². The number of benzene rings is 1. The summed E-state index contributed by atoms with van der Waals surface area (Å²) in [6, 6.07) is 8.28. The van der Waals surface area contributed by atoms with Crippen LogP contribution in [-0.4, -0.2) is 30.9 Å². The molecule has 20 heavy (non-hydrogen) atoms. The minimum absolute atomic E-state index is 0.00369. The van der Waals surface area contributed by atoms with E-state index in [9.17, 15) is 4.79 Å². The van der Waals surface area contributed by atoms with E-state index >= 15 is 0 Å². The van der Waals surface area contributed by atoms with E-state index in [0.717, 1.165) is 25.8 Å². The van der Waals surface area contributed by atoms with Crippen LogP contribution in [0.3, 0.4) is 0 Å². The maximum Gasteiger partial charge on any atom is 0.224 e. The Labute approximate surface area is 121 Å². The summed E-state index contributed by atoms with van der Waals surface area (Å²) in [5.74, 6) is 0.102. The van der Waals surface area contributed by atoms with Crippen molar-refractivity contribution in [2.75, 3.05) is 14.1 Å². The van der Waals surface area contributed by atoms with Crippen LogP contribution in [0.2, 0.25) is 0 Å². The van der Waals surface area contributed by atoms with Crippen LogP contribution in [0.25, 0.3) is 0 Å². The first-order valence-electron chi connectivity index (χ1n) is 7.32. The SMILES string of the molecule is CN(C)Cc1ccccc1CNC(=O)C1CCCC1N. The number of nitrogens with two attached hydrogens (primary N) is 1. The Balaban J connectivity index is 1.95. The maximum absolute atomic E-state index is 12.2. The first kappa shape index (κ1) is 15.0. The summed E-state index contributed by atoms with van der Waals surface area (Å²) in [6.07, 6.45) is 2.96. The Morgan fingerprint density at radius 3 is 2.60 bits per heavy atom. The van der Waals surface area contributed by atoms with Gasteiger partial charge in [-0.05, 0) is 38.1 Å². The van der Waals surface area contributed by atoms with Crippen molar-refractivity contribution in [2.45, 2.75) is 38.4 Å². The van der Waals surface area contributed by atoms with Gasteiger partial charge in [-0.1, -0.05) is 30.7 Å². The fourth-order valence-corrected chi connectivity index (χ4v) is 2.85. The average molecular weight is 275 g/mol. The molecule has 0 saturated heterocycles. The largest absolute Gasteiger partial charge is 0.352 e. The number of hydrogen-bond acceptors (Lipinski definition) is 3. The summed E-state index contributed by atoms with van der Waals surface area (Å²) in [6.45, 7) is 1.47. The number of amides is 1. The molecule has 4 nitrogen and oxygen atoms in total. The number of carbonyl (C=O) groups is 1. The fourth-order valence-electron chi connectivity index (χ4n) is 2.85. The zero-order valence-electron chi connectivity index (χ0n) is 12.4. The fraction of sp³-hybridized carbons (Fsp3) is 0.562. The average Bonchev–Trinajstić information content (AvgIpc) is 2.83. The summed E-state index contributed by atoms with van der Waals surface area (Å²) < 4.78 is 0. The van der Waals surface area contributed by atoms with E-state index in [2.05, 4.69) is 22.3 Å². The number of nitrogens with one attached hydrogen (secondary N) is 1. The van der Waals surface area contributed by atoms with Crippen LogP contribution in [-0.2, 0) is 17.9 Å². The lowest BCUT2D eigenvalue weighted by molar-refractivity contribution is -0.125. The van der Waals surface area contributed by atoms with Gasteiger partial charge in [-0.15, -0.1) is 0 Å². The topological polar surface area (TPSA) is 58.4 Å². The number of rotatable bonds is 5. The lowest BCUT2D eigenvalue weighted by atomic mass is 10.0. The third-order valence-electron chi connectivity index (χ3n) is 3.96. The van der Waals surface area contributed by atoms with Crippen LogP contribution >= 0.6 is 0 Å². The first-order chi connectivity index (χ1) is 9.58. The van der Waals surface area contributed by atoms with E-state index in [1.807, 2.05) is 26.2 Å². The monoisotopic (exact) mass is 275 g/mol. The summed E-state index contributed by atoms with van der Waals surface area (Å²) in [7, 11) is 4.10. The molecule has 1 aliphatic carbocycles. The van der Waals surface area contributed by atoms with Gasteiger partial charge in [0.25, 0.3) is 0 Å². The van der Waals surface area contributed by atoms with Crippen molar-refractivity contribution in [3.63, 3.8) is 0 Å². The second-order valence-corrected chi connectivity index (χ2v) is 5.93. The number of hydrogen-bond donors (Lipinski definition) is 2. The molecule has 4 heteroatoms. The van der Waals surface area contributed by atoms with Crippen molar-refractivity contribution >= 4 is 5.91 Å². The third-order valence-corrected chi connectivity index (χ3v) is 3.96. The second kappa shape index (κ2) is 6.86. The highest BCUT2D eigenvalue weighted by molar-refractivity contribution is 5.79. The van der Waals surface area contributed by atoms with E-state index < -0.39 is 0 Å². The number of carbonyl (C=O) groups excluding carboxylic acids is 1. The Hall–Kier alpha value is -1.39. The van der Waals surface area contributed by atoms with Crippen LogP contribution in [0.1, 0.15) is 30.4 Å². The lowest BCUT2D eigenvalue weighted by Crippen LogP contribution is -2.38. The predicted molar refractivity (Wildman–Crippen MR) is 81.0 cm³/mol. The Morgan fingerprint density at radius 1 is 1.30 bits per heavy atom. The molecule has 2 rings (SSSR count). The first-order valence-corrected chi connectivity index (χ1v) is 7.32. The molecule has 110 valence electrons. The van der Waals surface area contributed by atoms with Crippen molar-refractivity contribution in [1.29, 1.82) is 0 Å². The zero-order chi connectivity index (χ0) is 14.5. The van der Waals surface area contributed by atoms with E-state index in [-0.39, 0.29) is 17.9 Å². The molecular formula is C16H25N3O. The molecule has 0 aromatic heterocycles. The van der Waals surface area contributed by atoms with Gasteiger partial charge < -0.3 is 16.0 Å². The Kier molecular flexibility index (Phi) is 5.15. The molecule has 0 spiro atoms. The third kappa shape index (κ3) is 3.81. The smallest absolute Gasteiger partial charge is 0.224 e. The van der Waals surface area contributed by atoms with E-state index in [1.165, 1.54) is 11.1 Å². The van der Waals surface area contributed by atoms with Gasteiger partial charge >= 0.3 is 0 Å². The van der Waals surface area contributed by atoms with Crippen molar-refractivity contribution in [2.24, 2.45) is 11.7 Å². The standard InChI is InChI=1S/C16H25N3O/c1-19(2)11-13-7-4-3-6-12(13)10-18-16(20)14-8-5-9-15(14)17/h3-4,6-7,14-15H,5,8-11,17H2,1-2H3,(H,18,20). The molecule has 1 saturated carbocycles. The van der Waals surface area contributed by atoms with Gasteiger partial charge in [-0.2, -0.15) is 0 Å². The Morgan fingerprint density at radius 2 is 2.00 bits per heavy atom. The maximum atomic E-state index is 12.2. The summed E-state index contributed by atoms with van der Waals surface area (Å²) in [4.78, 5) is 14.3. The molecule has 1 aromatic rings. The van der Waals surface area contributed by atoms with Gasteiger partial charge in [-0.25, -0.2) is 0 Å². The predicted octanol–water partition coefficient (Wildman–Crippen LogP) is 1.49. The van der Waals surface area contributed by atoms with Crippen LogP contribution in [0, 0.1) is 5.92 Å². The van der Waals surface area contributed by atoms with E-state index in [4.69, 9.17) is 5.73 Å². The van der Waals surface area contributed by atoms with Gasteiger partial charge in [0.1, 0.15) is 0 Å². The van der Waals surface area contributed by atoms with Crippen molar-refractivity contribution in [1.82, 2.24) is 10.2 Å². The normalized spacial score (nSPS) is 22.2. The molecule has 2 atom stereocenters. The van der Waals surface area contributed by atoms with Crippen molar-refractivity contribution in [3.8, 4) is 0 Å². The molecule has 0 aliphatic heterocycles. The van der Waals surface area contributed by atoms with Gasteiger partial charge in [0.15, 0.2) is 0 Å². The van der Waals surface area contributed by atoms with Crippen LogP contribution in [0.15, 0.2) is 24.3 Å². The molecule has 0 heterocycles. The summed E-state index contributed by atoms with van der Waals surface area (Å²) >= 11 is 0. The molecule has 1 fully saturated rings. The molecular weight excluding hydrogens is 250 g/mol. The van der Waals surface area contributed by atoms with Gasteiger partial charge in [0.05, 0.1) is 5.92 Å². The van der Waals surface area contributed by atoms with Gasteiger partial charge in [0, 0.05) is 19.1 Å². The van der Waals surface area contributed by atoms with Gasteiger partial charge in [-0.3, -0.25) is 4.79 Å². The summed E-state index contributed by atoms with van der Waals surface area (Å²) in [5.41, 5.74) is 8.42. The van der Waals surface area contributed by atoms with Crippen LogP contribution in [0.5, 0.6) is 0 Å². The molecule has 1 aromatic carbocycles. The molecule has 2 unspecified atom stereocenters. The van der Waals surface area contributed by atoms with Crippen molar-refractivity contribution in [3.05, 3.63) is 35.4 Å². The molecule has 0 bridgehead atoms. The Bertz CT molecular complexity index is 459. The molecule has 0 radical (unpaired) electrons. The minimum atomic E-state index is -0.00369. The number of nitrogens with zero attached hydrogens (tertiary/aromatic N) is 1. The van der Waals surface area contributed by atoms with Gasteiger partial charge in [0.2, 0.25) is 5.91 Å². The quantitative estimate of drug-likeness (QED) is 0.856. The highest BCUT2D eigenvalue weighted by Crippen LogP contribution is 2.24. The molecule has 3 N–H and O–H groups in total. The van der Waals surface area contributed by atoms with Crippen LogP contribution in [0.4, 0.5) is 0 Å². The lowest BCUT2D eigenvalue weighted by Gasteiger charge is -2.17. The minimum Gasteiger partial charge on any atom is -0.352 e.